The van der Waals surface area contributed by atoms with Crippen molar-refractivity contribution in [1.82, 2.24) is 29.7 Å². The van der Waals surface area contributed by atoms with Gasteiger partial charge >= 0.3 is 0 Å². The molecule has 0 saturated carbocycles. The summed E-state index contributed by atoms with van der Waals surface area (Å²) in [6, 6.07) is 22.9. The van der Waals surface area contributed by atoms with Gasteiger partial charge in [-0.2, -0.15) is 0 Å². The van der Waals surface area contributed by atoms with Crippen LogP contribution in [0.2, 0.25) is 0 Å². The van der Waals surface area contributed by atoms with Crippen LogP contribution >= 0.6 is 0 Å². The average Bonchev–Trinajstić information content (AvgIpc) is 3.72. The van der Waals surface area contributed by atoms with E-state index in [-0.39, 0.29) is 5.91 Å². The smallest absolute Gasteiger partial charge is 0.245 e. The second-order valence-corrected chi connectivity index (χ2v) is 11.4. The zero-order chi connectivity index (χ0) is 31.3. The number of nitrogens with zero attached hydrogens (tertiary/aromatic N) is 5. The lowest BCUT2D eigenvalue weighted by Crippen LogP contribution is -2.43. The number of terminal acetylenes is 1. The van der Waals surface area contributed by atoms with Crippen molar-refractivity contribution < 1.29 is 4.79 Å². The average molecular weight is 596 g/mol. The van der Waals surface area contributed by atoms with Gasteiger partial charge in [-0.3, -0.25) is 9.36 Å². The van der Waals surface area contributed by atoms with Crippen molar-refractivity contribution >= 4 is 22.9 Å². The summed E-state index contributed by atoms with van der Waals surface area (Å²) in [6.45, 7) is 5.18. The molecule has 0 atom stereocenters. The number of likely N-dealkylation sites (tertiary alicyclic amines) is 1. The molecule has 2 aliphatic rings. The van der Waals surface area contributed by atoms with E-state index in [1.807, 2.05) is 60.5 Å². The van der Waals surface area contributed by atoms with E-state index < -0.39 is 0 Å². The van der Waals surface area contributed by atoms with Crippen LogP contribution in [0.3, 0.4) is 0 Å². The molecule has 1 fully saturated rings. The Bertz CT molecular complexity index is 1910. The minimum absolute atomic E-state index is 0.0598. The molecule has 1 aliphatic carbocycles. The number of aryl methyl sites for hydroxylation is 2. The van der Waals surface area contributed by atoms with Gasteiger partial charge in [0, 0.05) is 42.1 Å². The van der Waals surface area contributed by atoms with Gasteiger partial charge in [-0.25, -0.2) is 15.0 Å². The Morgan fingerprint density at radius 2 is 1.87 bits per heavy atom. The fraction of sp³-hybridized carbons (Fsp3) is 0.243. The number of fused-ring (bicyclic) bond motifs is 2. The monoisotopic (exact) mass is 595 g/mol. The summed E-state index contributed by atoms with van der Waals surface area (Å²) >= 11 is 0. The van der Waals surface area contributed by atoms with Gasteiger partial charge in [-0.1, -0.05) is 30.7 Å². The van der Waals surface area contributed by atoms with E-state index in [1.54, 1.807) is 6.20 Å². The molecule has 226 valence electrons. The van der Waals surface area contributed by atoms with Crippen molar-refractivity contribution in [3.8, 4) is 40.7 Å². The number of nitrogens with one attached hydrogen (secondary N) is 1. The van der Waals surface area contributed by atoms with Crippen LogP contribution in [0, 0.1) is 12.3 Å². The number of hydrogen-bond acceptors (Lipinski definition) is 6. The standard InChI is InChI=1S/C28H21N5.C9H16N2O/c1-2-18-6-3-9-21(16-18)24-13-14-25-28(31-24)33(22-12-11-19-7-4-8-20(19)17-22)27(32-25)23-10-5-15-30-26(23)29;1-3-9(12)11-6-4-8(10-2)5-7-11/h1,3,5-6,9-17H,4,7-8H2,(H2,29,30);3,8,10H,1,4-7H2,2H3. The fourth-order valence-corrected chi connectivity index (χ4v) is 6.13. The number of aromatic nitrogens is 4. The number of imidazole rings is 1. The molecule has 3 aromatic heterocycles. The summed E-state index contributed by atoms with van der Waals surface area (Å²) in [5, 5.41) is 3.22. The van der Waals surface area contributed by atoms with Crippen molar-refractivity contribution in [3.05, 3.63) is 102 Å². The lowest BCUT2D eigenvalue weighted by Gasteiger charge is -2.30. The summed E-state index contributed by atoms with van der Waals surface area (Å²) in [6.07, 6.45) is 14.2. The number of nitrogen functional groups attached to an aromatic ring is 1. The largest absolute Gasteiger partial charge is 0.383 e. The highest BCUT2D eigenvalue weighted by Gasteiger charge is 2.21. The van der Waals surface area contributed by atoms with Gasteiger partial charge in [-0.15, -0.1) is 6.42 Å². The molecule has 5 aromatic rings. The molecule has 0 bridgehead atoms. The van der Waals surface area contributed by atoms with Gasteiger partial charge < -0.3 is 16.0 Å². The van der Waals surface area contributed by atoms with E-state index in [0.717, 1.165) is 83.8 Å². The minimum atomic E-state index is 0.0598. The first-order valence-corrected chi connectivity index (χ1v) is 15.4. The van der Waals surface area contributed by atoms with E-state index in [1.165, 1.54) is 23.6 Å². The maximum atomic E-state index is 11.1. The number of carbonyl (C=O) groups excluding carboxylic acids is 1. The zero-order valence-corrected chi connectivity index (χ0v) is 25.5. The lowest BCUT2D eigenvalue weighted by molar-refractivity contribution is -0.127. The minimum Gasteiger partial charge on any atom is -0.383 e. The fourth-order valence-electron chi connectivity index (χ4n) is 6.13. The summed E-state index contributed by atoms with van der Waals surface area (Å²) < 4.78 is 2.09. The Balaban J connectivity index is 0.000000252. The summed E-state index contributed by atoms with van der Waals surface area (Å²) in [7, 11) is 1.97. The number of amides is 1. The van der Waals surface area contributed by atoms with E-state index in [4.69, 9.17) is 22.1 Å². The van der Waals surface area contributed by atoms with Crippen LogP contribution in [0.1, 0.15) is 36.0 Å². The van der Waals surface area contributed by atoms with Gasteiger partial charge in [0.05, 0.1) is 11.3 Å². The topological polar surface area (TPSA) is 102 Å². The maximum Gasteiger partial charge on any atom is 0.245 e. The van der Waals surface area contributed by atoms with Crippen molar-refractivity contribution in [2.45, 2.75) is 38.1 Å². The van der Waals surface area contributed by atoms with Crippen molar-refractivity contribution in [1.29, 1.82) is 0 Å². The molecule has 1 saturated heterocycles. The lowest BCUT2D eigenvalue weighted by atomic mass is 10.1. The predicted octanol–water partition coefficient (Wildman–Crippen LogP) is 5.58. The third kappa shape index (κ3) is 6.21. The van der Waals surface area contributed by atoms with Crippen LogP contribution in [-0.4, -0.2) is 56.5 Å². The van der Waals surface area contributed by atoms with Crippen LogP contribution in [-0.2, 0) is 17.6 Å². The number of rotatable bonds is 5. The Morgan fingerprint density at radius 1 is 1.04 bits per heavy atom. The van der Waals surface area contributed by atoms with Crippen LogP contribution in [0.4, 0.5) is 5.82 Å². The summed E-state index contributed by atoms with van der Waals surface area (Å²) in [5.41, 5.74) is 15.1. The van der Waals surface area contributed by atoms with Crippen LogP contribution in [0.15, 0.2) is 85.6 Å². The van der Waals surface area contributed by atoms with Gasteiger partial charge in [0.25, 0.3) is 0 Å². The number of anilines is 1. The Hall–Kier alpha value is -5.26. The summed E-state index contributed by atoms with van der Waals surface area (Å²) in [5.74, 6) is 3.93. The van der Waals surface area contributed by atoms with Gasteiger partial charge in [-0.05, 0) is 105 Å². The second-order valence-electron chi connectivity index (χ2n) is 11.4. The van der Waals surface area contributed by atoms with Crippen molar-refractivity contribution in [3.63, 3.8) is 0 Å². The van der Waals surface area contributed by atoms with Gasteiger partial charge in [0.2, 0.25) is 5.91 Å². The van der Waals surface area contributed by atoms with Gasteiger partial charge in [0.1, 0.15) is 11.3 Å². The molecular weight excluding hydrogens is 558 g/mol. The molecule has 7 rings (SSSR count). The Kier molecular flexibility index (Phi) is 8.72. The number of nitrogens with two attached hydrogens (primary N) is 1. The number of pyridine rings is 2. The third-order valence-corrected chi connectivity index (χ3v) is 8.64. The van der Waals surface area contributed by atoms with Gasteiger partial charge in [0.15, 0.2) is 11.5 Å². The molecule has 0 radical (unpaired) electrons. The molecule has 8 nitrogen and oxygen atoms in total. The predicted molar refractivity (Wildman–Crippen MR) is 181 cm³/mol. The molecule has 4 heterocycles. The first-order chi connectivity index (χ1) is 22.0. The Morgan fingerprint density at radius 3 is 2.62 bits per heavy atom. The highest BCUT2D eigenvalue weighted by molar-refractivity contribution is 5.87. The van der Waals surface area contributed by atoms with E-state index in [0.29, 0.717) is 11.9 Å². The molecule has 45 heavy (non-hydrogen) atoms. The highest BCUT2D eigenvalue weighted by atomic mass is 16.2. The third-order valence-electron chi connectivity index (χ3n) is 8.64. The normalized spacial score (nSPS) is 14.4. The molecule has 3 N–H and O–H groups in total. The van der Waals surface area contributed by atoms with Crippen LogP contribution in [0.5, 0.6) is 0 Å². The van der Waals surface area contributed by atoms with E-state index in [9.17, 15) is 4.79 Å². The molecular formula is C37H37N7O. The van der Waals surface area contributed by atoms with Crippen molar-refractivity contribution in [2.75, 3.05) is 25.9 Å². The number of carbonyl (C=O) groups is 1. The first-order valence-electron chi connectivity index (χ1n) is 15.4. The zero-order valence-electron chi connectivity index (χ0n) is 25.5. The van der Waals surface area contributed by atoms with E-state index >= 15 is 0 Å². The number of benzene rings is 2. The number of piperidine rings is 1. The van der Waals surface area contributed by atoms with Crippen LogP contribution in [0.25, 0.3) is 39.5 Å². The first kappa shape index (κ1) is 29.8. The van der Waals surface area contributed by atoms with Crippen LogP contribution < -0.4 is 11.1 Å². The second kappa shape index (κ2) is 13.2. The molecule has 1 aliphatic heterocycles. The quantitative estimate of drug-likeness (QED) is 0.203. The SMILES string of the molecule is C#Cc1cccc(-c2ccc3nc(-c4cccnc4N)n(-c4ccc5c(c4)CCC5)c3n2)c1.C=CC(=O)N1CCC(NC)CC1. The molecule has 8 heteroatoms. The maximum absolute atomic E-state index is 11.1. The number of hydrogen-bond donors (Lipinski definition) is 2. The molecule has 0 unspecified atom stereocenters. The molecule has 2 aromatic carbocycles. The van der Waals surface area contributed by atoms with E-state index in [2.05, 4.69) is 45.6 Å². The molecule has 1 amide bonds. The molecule has 0 spiro atoms. The highest BCUT2D eigenvalue weighted by Crippen LogP contribution is 2.33. The Labute approximate surface area is 264 Å². The summed E-state index contributed by atoms with van der Waals surface area (Å²) in [4.78, 5) is 27.3. The van der Waals surface area contributed by atoms with Crippen molar-refractivity contribution in [2.24, 2.45) is 0 Å².